The van der Waals surface area contributed by atoms with E-state index in [4.69, 9.17) is 9.47 Å². The Hall–Kier alpha value is -1.85. The summed E-state index contributed by atoms with van der Waals surface area (Å²) in [4.78, 5) is 16.3. The van der Waals surface area contributed by atoms with Crippen molar-refractivity contribution in [3.63, 3.8) is 0 Å². The van der Waals surface area contributed by atoms with E-state index in [2.05, 4.69) is 11.4 Å². The van der Waals surface area contributed by atoms with Gasteiger partial charge in [-0.1, -0.05) is 12.1 Å². The van der Waals surface area contributed by atoms with Crippen LogP contribution >= 0.6 is 11.3 Å². The van der Waals surface area contributed by atoms with E-state index in [-0.39, 0.29) is 12.0 Å². The third-order valence-corrected chi connectivity index (χ3v) is 5.68. The standard InChI is InChI=1S/C19H21NO3S/c21-19(20-9-7-18-14(12-20)8-11-24-18)16-5-1-2-6-17(16)23-13-15-4-3-10-22-15/h1-2,5-6,8,11,15H,3-4,7,9-10,12-13H2/t15-/m0/s1. The summed E-state index contributed by atoms with van der Waals surface area (Å²) in [6, 6.07) is 9.67. The van der Waals surface area contributed by atoms with E-state index < -0.39 is 0 Å². The molecule has 0 radical (unpaired) electrons. The molecule has 1 aromatic carbocycles. The molecule has 5 heteroatoms. The number of ether oxygens (including phenoxy) is 2. The van der Waals surface area contributed by atoms with E-state index in [1.807, 2.05) is 29.2 Å². The molecule has 24 heavy (non-hydrogen) atoms. The molecule has 0 N–H and O–H groups in total. The van der Waals surface area contributed by atoms with Crippen LogP contribution in [0.4, 0.5) is 0 Å². The Labute approximate surface area is 146 Å². The Morgan fingerprint density at radius 3 is 3.12 bits per heavy atom. The molecule has 4 nitrogen and oxygen atoms in total. The average Bonchev–Trinajstić information content (AvgIpc) is 3.30. The van der Waals surface area contributed by atoms with Crippen molar-refractivity contribution in [1.29, 1.82) is 0 Å². The lowest BCUT2D eigenvalue weighted by atomic mass is 10.1. The van der Waals surface area contributed by atoms with Crippen molar-refractivity contribution in [2.75, 3.05) is 19.8 Å². The molecule has 0 unspecified atom stereocenters. The van der Waals surface area contributed by atoms with Crippen LogP contribution in [0.25, 0.3) is 0 Å². The zero-order chi connectivity index (χ0) is 16.4. The van der Waals surface area contributed by atoms with Gasteiger partial charge in [-0.3, -0.25) is 4.79 Å². The number of nitrogens with zero attached hydrogens (tertiary/aromatic N) is 1. The highest BCUT2D eigenvalue weighted by molar-refractivity contribution is 7.10. The minimum absolute atomic E-state index is 0.0507. The van der Waals surface area contributed by atoms with Gasteiger partial charge in [0.2, 0.25) is 0 Å². The summed E-state index contributed by atoms with van der Waals surface area (Å²) < 4.78 is 11.5. The van der Waals surface area contributed by atoms with Crippen molar-refractivity contribution in [3.05, 3.63) is 51.7 Å². The van der Waals surface area contributed by atoms with Crippen LogP contribution in [0.1, 0.15) is 33.6 Å². The fraction of sp³-hybridized carbons (Fsp3) is 0.421. The molecular formula is C19H21NO3S. The van der Waals surface area contributed by atoms with Crippen LogP contribution in [-0.4, -0.2) is 36.7 Å². The molecule has 1 atom stereocenters. The Morgan fingerprint density at radius 1 is 1.33 bits per heavy atom. The predicted octanol–water partition coefficient (Wildman–Crippen LogP) is 3.50. The highest BCUT2D eigenvalue weighted by atomic mass is 32.1. The number of hydrogen-bond donors (Lipinski definition) is 0. The highest BCUT2D eigenvalue weighted by Crippen LogP contribution is 2.27. The van der Waals surface area contributed by atoms with E-state index in [0.29, 0.717) is 24.5 Å². The van der Waals surface area contributed by atoms with Crippen molar-refractivity contribution in [2.24, 2.45) is 0 Å². The number of carbonyl (C=O) groups excluding carboxylic acids is 1. The molecular weight excluding hydrogens is 322 g/mol. The van der Waals surface area contributed by atoms with Gasteiger partial charge >= 0.3 is 0 Å². The minimum atomic E-state index is 0.0507. The monoisotopic (exact) mass is 343 g/mol. The molecule has 2 aliphatic rings. The van der Waals surface area contributed by atoms with Crippen molar-refractivity contribution < 1.29 is 14.3 Å². The van der Waals surface area contributed by atoms with Crippen molar-refractivity contribution >= 4 is 17.2 Å². The second-order valence-electron chi connectivity index (χ2n) is 6.29. The molecule has 1 amide bonds. The lowest BCUT2D eigenvalue weighted by molar-refractivity contribution is 0.0645. The maximum atomic E-state index is 13.0. The maximum absolute atomic E-state index is 13.0. The largest absolute Gasteiger partial charge is 0.490 e. The number of rotatable bonds is 4. The molecule has 2 aliphatic heterocycles. The molecule has 1 fully saturated rings. The summed E-state index contributed by atoms with van der Waals surface area (Å²) in [5, 5.41) is 2.11. The Kier molecular flexibility index (Phi) is 4.54. The van der Waals surface area contributed by atoms with Crippen LogP contribution in [0.3, 0.4) is 0 Å². The first-order chi connectivity index (χ1) is 11.8. The van der Waals surface area contributed by atoms with Crippen LogP contribution in [0, 0.1) is 0 Å². The van der Waals surface area contributed by atoms with Gasteiger partial charge in [0.1, 0.15) is 12.4 Å². The van der Waals surface area contributed by atoms with Gasteiger partial charge in [-0.25, -0.2) is 0 Å². The van der Waals surface area contributed by atoms with E-state index in [1.165, 1.54) is 10.4 Å². The number of hydrogen-bond acceptors (Lipinski definition) is 4. The number of thiophene rings is 1. The molecule has 0 spiro atoms. The molecule has 1 saturated heterocycles. The predicted molar refractivity (Wildman–Crippen MR) is 93.7 cm³/mol. The van der Waals surface area contributed by atoms with Crippen LogP contribution in [0.2, 0.25) is 0 Å². The van der Waals surface area contributed by atoms with E-state index in [1.54, 1.807) is 11.3 Å². The number of benzene rings is 1. The molecule has 0 saturated carbocycles. The molecule has 126 valence electrons. The van der Waals surface area contributed by atoms with Gasteiger partial charge in [-0.15, -0.1) is 11.3 Å². The third kappa shape index (κ3) is 3.19. The zero-order valence-corrected chi connectivity index (χ0v) is 14.4. The molecule has 4 rings (SSSR count). The van der Waals surface area contributed by atoms with E-state index in [0.717, 1.165) is 32.4 Å². The summed E-state index contributed by atoms with van der Waals surface area (Å²) in [5.41, 5.74) is 1.92. The number of carbonyl (C=O) groups is 1. The number of para-hydroxylation sites is 1. The molecule has 1 aromatic heterocycles. The van der Waals surface area contributed by atoms with Crippen molar-refractivity contribution in [3.8, 4) is 5.75 Å². The summed E-state index contributed by atoms with van der Waals surface area (Å²) in [6.45, 7) is 2.79. The summed E-state index contributed by atoms with van der Waals surface area (Å²) in [7, 11) is 0. The summed E-state index contributed by atoms with van der Waals surface area (Å²) >= 11 is 1.78. The van der Waals surface area contributed by atoms with Gasteiger partial charge in [0.15, 0.2) is 0 Å². The maximum Gasteiger partial charge on any atom is 0.257 e. The van der Waals surface area contributed by atoms with E-state index in [9.17, 15) is 4.79 Å². The Balaban J connectivity index is 1.48. The van der Waals surface area contributed by atoms with Crippen molar-refractivity contribution in [1.82, 2.24) is 4.90 Å². The van der Waals surface area contributed by atoms with Gasteiger partial charge in [0, 0.05) is 24.6 Å². The third-order valence-electron chi connectivity index (χ3n) is 4.66. The van der Waals surface area contributed by atoms with Crippen LogP contribution in [0.15, 0.2) is 35.7 Å². The van der Waals surface area contributed by atoms with Gasteiger partial charge < -0.3 is 14.4 Å². The van der Waals surface area contributed by atoms with E-state index >= 15 is 0 Å². The van der Waals surface area contributed by atoms with Crippen molar-refractivity contribution in [2.45, 2.75) is 31.9 Å². The summed E-state index contributed by atoms with van der Waals surface area (Å²) in [6.07, 6.45) is 3.21. The smallest absolute Gasteiger partial charge is 0.257 e. The van der Waals surface area contributed by atoms with Gasteiger partial charge in [-0.05, 0) is 48.4 Å². The van der Waals surface area contributed by atoms with Gasteiger partial charge in [0.05, 0.1) is 11.7 Å². The molecule has 3 heterocycles. The first kappa shape index (κ1) is 15.7. The molecule has 2 aromatic rings. The zero-order valence-electron chi connectivity index (χ0n) is 13.6. The summed E-state index contributed by atoms with van der Waals surface area (Å²) in [5.74, 6) is 0.712. The fourth-order valence-electron chi connectivity index (χ4n) is 3.32. The van der Waals surface area contributed by atoms with Crippen LogP contribution < -0.4 is 4.74 Å². The Morgan fingerprint density at radius 2 is 2.25 bits per heavy atom. The SMILES string of the molecule is O=C(c1ccccc1OC[C@@H]1CCCO1)N1CCc2sccc2C1. The quantitative estimate of drug-likeness (QED) is 0.853. The first-order valence-corrected chi connectivity index (χ1v) is 9.37. The second-order valence-corrected chi connectivity index (χ2v) is 7.29. The van der Waals surface area contributed by atoms with Crippen LogP contribution in [-0.2, 0) is 17.7 Å². The lowest BCUT2D eigenvalue weighted by Gasteiger charge is -2.27. The van der Waals surface area contributed by atoms with Crippen LogP contribution in [0.5, 0.6) is 5.75 Å². The van der Waals surface area contributed by atoms with Gasteiger partial charge in [0.25, 0.3) is 5.91 Å². The lowest BCUT2D eigenvalue weighted by Crippen LogP contribution is -2.35. The van der Waals surface area contributed by atoms with Gasteiger partial charge in [-0.2, -0.15) is 0 Å². The molecule has 0 bridgehead atoms. The second kappa shape index (κ2) is 6.95. The number of fused-ring (bicyclic) bond motifs is 1. The molecule has 0 aliphatic carbocycles. The fourth-order valence-corrected chi connectivity index (χ4v) is 4.21. The topological polar surface area (TPSA) is 38.8 Å². The minimum Gasteiger partial charge on any atom is -0.490 e. The Bertz CT molecular complexity index is 721. The normalized spacial score (nSPS) is 20.0. The average molecular weight is 343 g/mol. The number of amides is 1. The highest BCUT2D eigenvalue weighted by Gasteiger charge is 2.25. The first-order valence-electron chi connectivity index (χ1n) is 8.49.